The number of aryl methyl sites for hydroxylation is 2. The first-order valence-corrected chi connectivity index (χ1v) is 14.4. The summed E-state index contributed by atoms with van der Waals surface area (Å²) >= 11 is 0. The molecule has 2 heterocycles. The molecule has 0 saturated carbocycles. The van der Waals surface area contributed by atoms with E-state index in [4.69, 9.17) is 10.00 Å². The highest BCUT2D eigenvalue weighted by Crippen LogP contribution is 2.30. The third-order valence-corrected chi connectivity index (χ3v) is 8.85. The summed E-state index contributed by atoms with van der Waals surface area (Å²) in [6.07, 6.45) is 4.86. The fraction of sp³-hybridized carbons (Fsp3) is 0.345. The number of nitrogens with zero attached hydrogens (tertiary/aromatic N) is 5. The molecule has 1 fully saturated rings. The highest BCUT2D eigenvalue weighted by Gasteiger charge is 2.29. The summed E-state index contributed by atoms with van der Waals surface area (Å²) < 4.78 is 32.5. The van der Waals surface area contributed by atoms with Crippen molar-refractivity contribution in [2.45, 2.75) is 39.5 Å². The fourth-order valence-electron chi connectivity index (χ4n) is 4.46. The van der Waals surface area contributed by atoms with Crippen molar-refractivity contribution in [2.24, 2.45) is 0 Å². The van der Waals surface area contributed by atoms with Crippen LogP contribution in [0.5, 0.6) is 11.6 Å². The topological polar surface area (TPSA) is 111 Å². The lowest BCUT2D eigenvalue weighted by Gasteiger charge is -2.34. The van der Waals surface area contributed by atoms with E-state index >= 15 is 0 Å². The van der Waals surface area contributed by atoms with Crippen LogP contribution in [0.3, 0.4) is 0 Å². The van der Waals surface area contributed by atoms with E-state index in [1.807, 2.05) is 44.2 Å². The van der Waals surface area contributed by atoms with E-state index < -0.39 is 15.3 Å². The molecular formula is C29H34N6O3S. The highest BCUT2D eigenvalue weighted by atomic mass is 32.2. The van der Waals surface area contributed by atoms with Gasteiger partial charge in [-0.3, -0.25) is 4.90 Å². The van der Waals surface area contributed by atoms with E-state index in [1.54, 1.807) is 36.5 Å². The highest BCUT2D eigenvalue weighted by molar-refractivity contribution is 7.89. The number of rotatable bonds is 9. The van der Waals surface area contributed by atoms with Crippen LogP contribution in [0.4, 0.5) is 11.6 Å². The maximum atomic E-state index is 12.4. The lowest BCUT2D eigenvalue weighted by Crippen LogP contribution is -2.49. The summed E-state index contributed by atoms with van der Waals surface area (Å²) in [4.78, 5) is 11.1. The molecule has 9 nitrogen and oxygen atoms in total. The third kappa shape index (κ3) is 7.20. The Morgan fingerprint density at radius 2 is 1.74 bits per heavy atom. The molecule has 2 aromatic carbocycles. The van der Waals surface area contributed by atoms with E-state index in [1.165, 1.54) is 6.08 Å². The Kier molecular flexibility index (Phi) is 8.97. The van der Waals surface area contributed by atoms with Crippen LogP contribution >= 0.6 is 0 Å². The average molecular weight is 547 g/mol. The van der Waals surface area contributed by atoms with Gasteiger partial charge in [-0.05, 0) is 80.3 Å². The van der Waals surface area contributed by atoms with Crippen LogP contribution < -0.4 is 10.1 Å². The van der Waals surface area contributed by atoms with Crippen molar-refractivity contribution in [1.82, 2.24) is 19.2 Å². The minimum Gasteiger partial charge on any atom is -0.438 e. The monoisotopic (exact) mass is 546 g/mol. The van der Waals surface area contributed by atoms with Gasteiger partial charge in [0.15, 0.2) is 0 Å². The minimum atomic E-state index is -3.20. The second-order valence-corrected chi connectivity index (χ2v) is 12.3. The fourth-order valence-corrected chi connectivity index (χ4v) is 5.73. The van der Waals surface area contributed by atoms with Gasteiger partial charge in [-0.25, -0.2) is 13.4 Å². The largest absolute Gasteiger partial charge is 0.438 e. The molecule has 0 atom stereocenters. The molecule has 204 valence electrons. The molecule has 1 aromatic heterocycles. The lowest BCUT2D eigenvalue weighted by molar-refractivity contribution is 0.181. The van der Waals surface area contributed by atoms with Gasteiger partial charge in [-0.1, -0.05) is 12.1 Å². The first kappa shape index (κ1) is 28.2. The summed E-state index contributed by atoms with van der Waals surface area (Å²) in [5.74, 6) is 1.57. The number of anilines is 2. The Morgan fingerprint density at radius 1 is 1.08 bits per heavy atom. The van der Waals surface area contributed by atoms with Crippen LogP contribution in [0, 0.1) is 25.2 Å². The molecule has 1 saturated heterocycles. The zero-order valence-corrected chi connectivity index (χ0v) is 23.6. The molecule has 1 aliphatic rings. The maximum absolute atomic E-state index is 12.4. The average Bonchev–Trinajstić information content (AvgIpc) is 2.91. The van der Waals surface area contributed by atoms with E-state index in [9.17, 15) is 8.42 Å². The van der Waals surface area contributed by atoms with Crippen molar-refractivity contribution < 1.29 is 13.2 Å². The summed E-state index contributed by atoms with van der Waals surface area (Å²) in [7, 11) is -3.20. The summed E-state index contributed by atoms with van der Waals surface area (Å²) in [6, 6.07) is 15.7. The van der Waals surface area contributed by atoms with Gasteiger partial charge < -0.3 is 10.1 Å². The Bertz CT molecular complexity index is 1450. The van der Waals surface area contributed by atoms with Crippen molar-refractivity contribution in [3.05, 3.63) is 77.0 Å². The SMILES string of the molecule is Cc1cc(/C=C/C#N)cc(C)c1Oc1ccnc(Nc2ccc(CN3CCN(S(=O)(=O)C(C)C)CC3)cc2)n1. The number of allylic oxidation sites excluding steroid dienone is 1. The van der Waals surface area contributed by atoms with E-state index in [0.717, 1.165) is 40.2 Å². The van der Waals surface area contributed by atoms with Crippen LogP contribution in [0.2, 0.25) is 0 Å². The van der Waals surface area contributed by atoms with Crippen molar-refractivity contribution in [3.8, 4) is 17.7 Å². The Hall–Kier alpha value is -3.78. The van der Waals surface area contributed by atoms with E-state index in [2.05, 4.69) is 32.3 Å². The normalized spacial score (nSPS) is 15.0. The number of piperazine rings is 1. The second kappa shape index (κ2) is 12.4. The van der Waals surface area contributed by atoms with Crippen LogP contribution in [0.25, 0.3) is 6.08 Å². The van der Waals surface area contributed by atoms with Gasteiger partial charge in [-0.2, -0.15) is 14.6 Å². The first-order valence-electron chi connectivity index (χ1n) is 12.9. The molecule has 0 radical (unpaired) electrons. The molecule has 3 aromatic rings. The maximum Gasteiger partial charge on any atom is 0.230 e. The number of sulfonamides is 1. The Labute approximate surface area is 230 Å². The van der Waals surface area contributed by atoms with Gasteiger partial charge in [0.05, 0.1) is 11.3 Å². The smallest absolute Gasteiger partial charge is 0.230 e. The molecule has 1 N–H and O–H groups in total. The van der Waals surface area contributed by atoms with Crippen LogP contribution in [0.15, 0.2) is 54.7 Å². The van der Waals surface area contributed by atoms with Gasteiger partial charge in [0, 0.05) is 56.8 Å². The zero-order chi connectivity index (χ0) is 28.0. The summed E-state index contributed by atoms with van der Waals surface area (Å²) in [5.41, 5.74) is 4.83. The van der Waals surface area contributed by atoms with Gasteiger partial charge in [0.2, 0.25) is 21.9 Å². The van der Waals surface area contributed by atoms with Crippen LogP contribution in [-0.4, -0.2) is 59.0 Å². The zero-order valence-electron chi connectivity index (χ0n) is 22.8. The predicted octanol–water partition coefficient (Wildman–Crippen LogP) is 5.02. The molecule has 0 amide bonds. The molecule has 1 aliphatic heterocycles. The number of hydrogen-bond donors (Lipinski definition) is 1. The molecule has 0 aliphatic carbocycles. The van der Waals surface area contributed by atoms with Crippen molar-refractivity contribution in [1.29, 1.82) is 5.26 Å². The number of benzene rings is 2. The lowest BCUT2D eigenvalue weighted by atomic mass is 10.1. The summed E-state index contributed by atoms with van der Waals surface area (Å²) in [5, 5.41) is 11.6. The quantitative estimate of drug-likeness (QED) is 0.372. The Morgan fingerprint density at radius 3 is 2.36 bits per heavy atom. The van der Waals surface area contributed by atoms with Gasteiger partial charge in [0.25, 0.3) is 0 Å². The Balaban J connectivity index is 1.35. The second-order valence-electron chi connectivity index (χ2n) is 9.86. The van der Waals surface area contributed by atoms with Crippen LogP contribution in [0.1, 0.15) is 36.1 Å². The molecule has 0 bridgehead atoms. The van der Waals surface area contributed by atoms with Crippen molar-refractivity contribution >= 4 is 27.7 Å². The standard InChI is InChI=1S/C29H34N6O3S/c1-21(2)39(36,37)35-16-14-34(15-17-35)20-24-7-9-26(10-8-24)32-29-31-13-11-27(33-29)38-28-22(3)18-25(6-5-12-30)19-23(28)4/h5-11,13,18-19,21H,14-17,20H2,1-4H3,(H,31,32,33)/b6-5+. The van der Waals surface area contributed by atoms with Crippen molar-refractivity contribution in [3.63, 3.8) is 0 Å². The minimum absolute atomic E-state index is 0.390. The summed E-state index contributed by atoms with van der Waals surface area (Å²) in [6.45, 7) is 10.6. The number of nitrogens with one attached hydrogen (secondary N) is 1. The third-order valence-electron chi connectivity index (χ3n) is 6.57. The van der Waals surface area contributed by atoms with Gasteiger partial charge in [-0.15, -0.1) is 0 Å². The van der Waals surface area contributed by atoms with Crippen molar-refractivity contribution in [2.75, 3.05) is 31.5 Å². The molecule has 4 rings (SSSR count). The number of ether oxygens (including phenoxy) is 1. The van der Waals surface area contributed by atoms with E-state index in [0.29, 0.717) is 38.0 Å². The first-order chi connectivity index (χ1) is 18.7. The predicted molar refractivity (Wildman–Crippen MR) is 153 cm³/mol. The van der Waals surface area contributed by atoms with Crippen LogP contribution in [-0.2, 0) is 16.6 Å². The molecule has 0 unspecified atom stereocenters. The molecule has 10 heteroatoms. The van der Waals surface area contributed by atoms with Gasteiger partial charge >= 0.3 is 0 Å². The number of hydrogen-bond acceptors (Lipinski definition) is 8. The molecular weight excluding hydrogens is 512 g/mol. The number of aromatic nitrogens is 2. The van der Waals surface area contributed by atoms with Gasteiger partial charge in [0.1, 0.15) is 5.75 Å². The number of nitriles is 1. The molecule has 0 spiro atoms. The van der Waals surface area contributed by atoms with E-state index in [-0.39, 0.29) is 0 Å². The molecule has 39 heavy (non-hydrogen) atoms.